The van der Waals surface area contributed by atoms with Gasteiger partial charge in [-0.15, -0.1) is 11.3 Å². The molecule has 8 heteroatoms. The number of benzene rings is 1. The number of imidazole rings is 1. The second-order valence-corrected chi connectivity index (χ2v) is 9.78. The number of rotatable bonds is 3. The molecule has 1 fully saturated rings. The first-order valence-electron chi connectivity index (χ1n) is 7.74. The van der Waals surface area contributed by atoms with Crippen molar-refractivity contribution in [1.82, 2.24) is 14.3 Å². The SMILES string of the molecule is O=S(=O)(c1ccc(Cl)s1)N1CCCC(c2nc3ccccc3[nH]2)C1. The van der Waals surface area contributed by atoms with Crippen molar-refractivity contribution < 1.29 is 8.42 Å². The van der Waals surface area contributed by atoms with E-state index in [1.165, 1.54) is 0 Å². The summed E-state index contributed by atoms with van der Waals surface area (Å²) in [5, 5.41) is 0. The van der Waals surface area contributed by atoms with E-state index in [9.17, 15) is 8.42 Å². The molecule has 5 nitrogen and oxygen atoms in total. The lowest BCUT2D eigenvalue weighted by Gasteiger charge is -2.30. The minimum absolute atomic E-state index is 0.0800. The van der Waals surface area contributed by atoms with Gasteiger partial charge in [0.1, 0.15) is 10.0 Å². The fourth-order valence-electron chi connectivity index (χ4n) is 3.11. The number of H-pyrrole nitrogens is 1. The first-order chi connectivity index (χ1) is 11.5. The number of halogens is 1. The summed E-state index contributed by atoms with van der Waals surface area (Å²) in [5.74, 6) is 0.941. The summed E-state index contributed by atoms with van der Waals surface area (Å²) in [6, 6.07) is 11.1. The number of nitrogens with one attached hydrogen (secondary N) is 1. The highest BCUT2D eigenvalue weighted by Crippen LogP contribution is 2.33. The van der Waals surface area contributed by atoms with E-state index in [-0.39, 0.29) is 5.92 Å². The van der Waals surface area contributed by atoms with Gasteiger partial charge in [0, 0.05) is 19.0 Å². The van der Waals surface area contributed by atoms with Gasteiger partial charge in [-0.3, -0.25) is 0 Å². The molecule has 1 atom stereocenters. The molecular formula is C16H16ClN3O2S2. The highest BCUT2D eigenvalue weighted by Gasteiger charge is 2.33. The van der Waals surface area contributed by atoms with Crippen molar-refractivity contribution >= 4 is 44.0 Å². The Hall–Kier alpha value is -1.41. The molecule has 1 saturated heterocycles. The minimum Gasteiger partial charge on any atom is -0.342 e. The molecule has 1 aliphatic rings. The number of nitrogens with zero attached hydrogens (tertiary/aromatic N) is 2. The Morgan fingerprint density at radius 2 is 2.08 bits per heavy atom. The van der Waals surface area contributed by atoms with Crippen molar-refractivity contribution in [3.63, 3.8) is 0 Å². The largest absolute Gasteiger partial charge is 0.342 e. The molecule has 3 aromatic rings. The monoisotopic (exact) mass is 381 g/mol. The van der Waals surface area contributed by atoms with Crippen LogP contribution in [0.3, 0.4) is 0 Å². The maximum atomic E-state index is 12.8. The van der Waals surface area contributed by atoms with Crippen LogP contribution in [0.15, 0.2) is 40.6 Å². The maximum Gasteiger partial charge on any atom is 0.252 e. The lowest BCUT2D eigenvalue weighted by atomic mass is 9.99. The Labute approximate surface area is 149 Å². The number of sulfonamides is 1. The molecule has 3 heterocycles. The lowest BCUT2D eigenvalue weighted by molar-refractivity contribution is 0.311. The number of para-hydroxylation sites is 2. The van der Waals surface area contributed by atoms with Gasteiger partial charge < -0.3 is 4.98 Å². The summed E-state index contributed by atoms with van der Waals surface area (Å²) in [6.45, 7) is 0.978. The smallest absolute Gasteiger partial charge is 0.252 e. The van der Waals surface area contributed by atoms with E-state index in [0.29, 0.717) is 21.6 Å². The van der Waals surface area contributed by atoms with Gasteiger partial charge in [0.25, 0.3) is 10.0 Å². The van der Waals surface area contributed by atoms with E-state index in [1.807, 2.05) is 24.3 Å². The molecule has 126 valence electrons. The molecule has 4 rings (SSSR count). The average molecular weight is 382 g/mol. The summed E-state index contributed by atoms with van der Waals surface area (Å²) < 4.78 is 27.9. The zero-order valence-corrected chi connectivity index (χ0v) is 15.2. The van der Waals surface area contributed by atoms with Crippen LogP contribution in [0.5, 0.6) is 0 Å². The van der Waals surface area contributed by atoms with Crippen LogP contribution in [0.25, 0.3) is 11.0 Å². The lowest BCUT2D eigenvalue weighted by Crippen LogP contribution is -2.39. The molecule has 0 aliphatic carbocycles. The fourth-order valence-corrected chi connectivity index (χ4v) is 6.27. The van der Waals surface area contributed by atoms with E-state index >= 15 is 0 Å². The fraction of sp³-hybridized carbons (Fsp3) is 0.312. The number of hydrogen-bond acceptors (Lipinski definition) is 4. The summed E-state index contributed by atoms with van der Waals surface area (Å²) in [6.07, 6.45) is 1.75. The normalized spacial score (nSPS) is 19.8. The van der Waals surface area contributed by atoms with Crippen molar-refractivity contribution in [2.45, 2.75) is 23.0 Å². The summed E-state index contributed by atoms with van der Waals surface area (Å²) in [7, 11) is -3.49. The molecule has 0 spiro atoms. The number of thiophene rings is 1. The topological polar surface area (TPSA) is 66.1 Å². The van der Waals surface area contributed by atoms with Crippen LogP contribution in [0.2, 0.25) is 4.34 Å². The third-order valence-corrected chi connectivity index (χ3v) is 7.88. The second kappa shape index (κ2) is 6.15. The highest BCUT2D eigenvalue weighted by atomic mass is 35.5. The molecule has 1 aromatic carbocycles. The van der Waals surface area contributed by atoms with Crippen LogP contribution >= 0.6 is 22.9 Å². The number of aromatic nitrogens is 2. The first kappa shape index (κ1) is 16.1. The molecule has 0 radical (unpaired) electrons. The molecule has 2 aromatic heterocycles. The van der Waals surface area contributed by atoms with Gasteiger partial charge in [-0.25, -0.2) is 13.4 Å². The van der Waals surface area contributed by atoms with Gasteiger partial charge in [0.05, 0.1) is 15.4 Å². The molecule has 1 aliphatic heterocycles. The van der Waals surface area contributed by atoms with Crippen LogP contribution in [-0.4, -0.2) is 35.8 Å². The predicted octanol–water partition coefficient (Wildman–Crippen LogP) is 3.85. The van der Waals surface area contributed by atoms with E-state index in [1.54, 1.807) is 16.4 Å². The first-order valence-corrected chi connectivity index (χ1v) is 10.4. The zero-order chi connectivity index (χ0) is 16.7. The van der Waals surface area contributed by atoms with Gasteiger partial charge >= 0.3 is 0 Å². The van der Waals surface area contributed by atoms with Crippen LogP contribution in [0.1, 0.15) is 24.6 Å². The highest BCUT2D eigenvalue weighted by molar-refractivity contribution is 7.91. The van der Waals surface area contributed by atoms with Crippen LogP contribution in [-0.2, 0) is 10.0 Å². The Morgan fingerprint density at radius 1 is 1.25 bits per heavy atom. The van der Waals surface area contributed by atoms with Crippen molar-refractivity contribution in [2.24, 2.45) is 0 Å². The zero-order valence-electron chi connectivity index (χ0n) is 12.8. The summed E-state index contributed by atoms with van der Waals surface area (Å²) in [4.78, 5) is 7.96. The number of hydrogen-bond donors (Lipinski definition) is 1. The van der Waals surface area contributed by atoms with Crippen molar-refractivity contribution in [3.8, 4) is 0 Å². The molecule has 0 amide bonds. The minimum atomic E-state index is -3.49. The van der Waals surface area contributed by atoms with Gasteiger partial charge in [-0.2, -0.15) is 4.31 Å². The van der Waals surface area contributed by atoms with Crippen LogP contribution < -0.4 is 0 Å². The summed E-state index contributed by atoms with van der Waals surface area (Å²) in [5.41, 5.74) is 1.90. The Kier molecular flexibility index (Phi) is 4.12. The van der Waals surface area contributed by atoms with E-state index in [0.717, 1.165) is 41.0 Å². The van der Waals surface area contributed by atoms with Gasteiger partial charge in [-0.05, 0) is 37.1 Å². The third kappa shape index (κ3) is 2.86. The van der Waals surface area contributed by atoms with Gasteiger partial charge in [-0.1, -0.05) is 23.7 Å². The number of fused-ring (bicyclic) bond motifs is 1. The molecule has 24 heavy (non-hydrogen) atoms. The van der Waals surface area contributed by atoms with Crippen LogP contribution in [0, 0.1) is 0 Å². The van der Waals surface area contributed by atoms with E-state index in [4.69, 9.17) is 11.6 Å². The molecule has 0 saturated carbocycles. The van der Waals surface area contributed by atoms with Gasteiger partial charge in [0.15, 0.2) is 0 Å². The standard InChI is InChI=1S/C16H16ClN3O2S2/c17-14-7-8-15(23-14)24(21,22)20-9-3-4-11(10-20)16-18-12-5-1-2-6-13(12)19-16/h1-2,5-8,11H,3-4,9-10H2,(H,18,19). The molecule has 0 bridgehead atoms. The Balaban J connectivity index is 1.61. The van der Waals surface area contributed by atoms with Crippen LogP contribution in [0.4, 0.5) is 0 Å². The molecule has 1 unspecified atom stereocenters. The van der Waals surface area contributed by atoms with E-state index < -0.39 is 10.0 Å². The average Bonchev–Trinajstić information content (AvgIpc) is 3.21. The van der Waals surface area contributed by atoms with Crippen molar-refractivity contribution in [3.05, 3.63) is 46.6 Å². The Bertz CT molecular complexity index is 947. The Morgan fingerprint density at radius 3 is 2.83 bits per heavy atom. The molecule has 1 N–H and O–H groups in total. The van der Waals surface area contributed by atoms with Crippen molar-refractivity contribution in [1.29, 1.82) is 0 Å². The summed E-state index contributed by atoms with van der Waals surface area (Å²) >= 11 is 7.00. The number of aromatic amines is 1. The predicted molar refractivity (Wildman–Crippen MR) is 96.2 cm³/mol. The maximum absolute atomic E-state index is 12.8. The quantitative estimate of drug-likeness (QED) is 0.749. The van der Waals surface area contributed by atoms with E-state index in [2.05, 4.69) is 9.97 Å². The second-order valence-electron chi connectivity index (χ2n) is 5.90. The van der Waals surface area contributed by atoms with Gasteiger partial charge in [0.2, 0.25) is 0 Å². The van der Waals surface area contributed by atoms with Crippen molar-refractivity contribution in [2.75, 3.05) is 13.1 Å². The molecular weight excluding hydrogens is 366 g/mol. The number of piperidine rings is 1. The third-order valence-electron chi connectivity index (χ3n) is 4.32.